The van der Waals surface area contributed by atoms with Crippen LogP contribution in [0.1, 0.15) is 28.4 Å². The van der Waals surface area contributed by atoms with Crippen LogP contribution in [0.15, 0.2) is 42.5 Å². The van der Waals surface area contributed by atoms with Crippen molar-refractivity contribution in [1.29, 1.82) is 0 Å². The summed E-state index contributed by atoms with van der Waals surface area (Å²) in [7, 11) is 0. The van der Waals surface area contributed by atoms with Gasteiger partial charge in [-0.2, -0.15) is 0 Å². The van der Waals surface area contributed by atoms with Crippen molar-refractivity contribution in [1.82, 2.24) is 0 Å². The lowest BCUT2D eigenvalue weighted by Crippen LogP contribution is -2.20. The van der Waals surface area contributed by atoms with E-state index < -0.39 is 6.10 Å². The first-order valence-corrected chi connectivity index (χ1v) is 5.92. The van der Waals surface area contributed by atoms with Gasteiger partial charge in [-0.1, -0.05) is 12.1 Å². The minimum atomic E-state index is -0.486. The molecule has 4 heteroatoms. The number of Topliss-reactive ketones (excluding diaryl/α,β-unsaturated/α-hetero) is 1. The summed E-state index contributed by atoms with van der Waals surface area (Å²) < 4.78 is 18.9. The van der Waals surface area contributed by atoms with Crippen molar-refractivity contribution in [2.75, 3.05) is 0 Å². The highest BCUT2D eigenvalue weighted by molar-refractivity contribution is 6.00. The molecule has 19 heavy (non-hydrogen) atoms. The van der Waals surface area contributed by atoms with Gasteiger partial charge in [0.15, 0.2) is 5.78 Å². The number of rotatable bonds is 1. The van der Waals surface area contributed by atoms with Crippen LogP contribution in [0.25, 0.3) is 0 Å². The lowest BCUT2D eigenvalue weighted by Gasteiger charge is -2.25. The number of aromatic hydroxyl groups is 1. The van der Waals surface area contributed by atoms with Crippen LogP contribution in [0.3, 0.4) is 0 Å². The fourth-order valence-electron chi connectivity index (χ4n) is 2.20. The first-order chi connectivity index (χ1) is 9.13. The molecule has 0 aliphatic carbocycles. The van der Waals surface area contributed by atoms with Crippen molar-refractivity contribution in [3.63, 3.8) is 0 Å². The van der Waals surface area contributed by atoms with E-state index in [0.29, 0.717) is 16.9 Å². The molecule has 1 heterocycles. The van der Waals surface area contributed by atoms with Crippen molar-refractivity contribution in [3.8, 4) is 11.5 Å². The Morgan fingerprint density at radius 2 is 2.05 bits per heavy atom. The Hall–Kier alpha value is -2.36. The van der Waals surface area contributed by atoms with Crippen LogP contribution in [-0.4, -0.2) is 10.9 Å². The van der Waals surface area contributed by atoms with Crippen LogP contribution in [0.4, 0.5) is 4.39 Å². The molecule has 1 unspecified atom stereocenters. The number of halogens is 1. The van der Waals surface area contributed by atoms with E-state index in [4.69, 9.17) is 4.74 Å². The lowest BCUT2D eigenvalue weighted by atomic mass is 9.96. The first-order valence-electron chi connectivity index (χ1n) is 5.92. The van der Waals surface area contributed by atoms with Gasteiger partial charge in [0.25, 0.3) is 0 Å². The quantitative estimate of drug-likeness (QED) is 0.854. The highest BCUT2D eigenvalue weighted by atomic mass is 19.1. The second-order valence-electron chi connectivity index (χ2n) is 4.47. The van der Waals surface area contributed by atoms with Crippen molar-refractivity contribution in [2.24, 2.45) is 0 Å². The smallest absolute Gasteiger partial charge is 0.170 e. The van der Waals surface area contributed by atoms with Gasteiger partial charge < -0.3 is 9.84 Å². The summed E-state index contributed by atoms with van der Waals surface area (Å²) in [6, 6.07) is 10.4. The zero-order valence-electron chi connectivity index (χ0n) is 9.97. The predicted octanol–water partition coefficient (Wildman–Crippen LogP) is 3.24. The monoisotopic (exact) mass is 258 g/mol. The average molecular weight is 258 g/mol. The Kier molecular flexibility index (Phi) is 2.71. The molecular weight excluding hydrogens is 247 g/mol. The van der Waals surface area contributed by atoms with Crippen LogP contribution in [0, 0.1) is 5.82 Å². The third kappa shape index (κ3) is 2.17. The van der Waals surface area contributed by atoms with Gasteiger partial charge in [0, 0.05) is 0 Å². The molecule has 0 bridgehead atoms. The Labute approximate surface area is 109 Å². The van der Waals surface area contributed by atoms with Gasteiger partial charge in [-0.05, 0) is 35.9 Å². The Morgan fingerprint density at radius 3 is 2.84 bits per heavy atom. The third-order valence-electron chi connectivity index (χ3n) is 3.12. The maximum absolute atomic E-state index is 13.2. The molecule has 3 rings (SSSR count). The summed E-state index contributed by atoms with van der Waals surface area (Å²) in [6.07, 6.45) is -0.347. The molecule has 0 aromatic heterocycles. The van der Waals surface area contributed by atoms with Crippen molar-refractivity contribution in [2.45, 2.75) is 12.5 Å². The Bertz CT molecular complexity index is 652. The topological polar surface area (TPSA) is 46.5 Å². The molecule has 0 spiro atoms. The number of carbonyl (C=O) groups is 1. The predicted molar refractivity (Wildman–Crippen MR) is 66.8 cm³/mol. The molecule has 0 fully saturated rings. The van der Waals surface area contributed by atoms with Gasteiger partial charge in [-0.25, -0.2) is 4.39 Å². The Balaban J connectivity index is 1.97. The summed E-state index contributed by atoms with van der Waals surface area (Å²) >= 11 is 0. The van der Waals surface area contributed by atoms with E-state index in [9.17, 15) is 14.3 Å². The zero-order chi connectivity index (χ0) is 13.4. The van der Waals surface area contributed by atoms with E-state index in [1.54, 1.807) is 18.2 Å². The van der Waals surface area contributed by atoms with E-state index in [2.05, 4.69) is 0 Å². The fourth-order valence-corrected chi connectivity index (χ4v) is 2.20. The summed E-state index contributed by atoms with van der Waals surface area (Å²) in [6.45, 7) is 0. The number of hydrogen-bond donors (Lipinski definition) is 1. The molecule has 2 aromatic rings. The number of carbonyl (C=O) groups excluding carboxylic acids is 1. The molecule has 96 valence electrons. The minimum Gasteiger partial charge on any atom is -0.508 e. The maximum Gasteiger partial charge on any atom is 0.170 e. The molecule has 2 aromatic carbocycles. The van der Waals surface area contributed by atoms with Crippen LogP contribution >= 0.6 is 0 Å². The van der Waals surface area contributed by atoms with Gasteiger partial charge >= 0.3 is 0 Å². The van der Waals surface area contributed by atoms with Crippen LogP contribution in [0.5, 0.6) is 11.5 Å². The van der Waals surface area contributed by atoms with Gasteiger partial charge in [0.2, 0.25) is 0 Å². The largest absolute Gasteiger partial charge is 0.508 e. The number of hydrogen-bond acceptors (Lipinski definition) is 3. The van der Waals surface area contributed by atoms with Crippen LogP contribution < -0.4 is 4.74 Å². The summed E-state index contributed by atoms with van der Waals surface area (Å²) in [4.78, 5) is 12.0. The molecule has 0 amide bonds. The molecule has 1 aliphatic heterocycles. The number of ketones is 1. The zero-order valence-corrected chi connectivity index (χ0v) is 9.97. The summed E-state index contributed by atoms with van der Waals surface area (Å²) in [5.41, 5.74) is 1.000. The lowest BCUT2D eigenvalue weighted by molar-refractivity contribution is 0.0849. The normalized spacial score (nSPS) is 17.7. The van der Waals surface area contributed by atoms with E-state index in [-0.39, 0.29) is 23.8 Å². The van der Waals surface area contributed by atoms with Crippen molar-refractivity contribution >= 4 is 5.78 Å². The Morgan fingerprint density at radius 1 is 1.21 bits per heavy atom. The third-order valence-corrected chi connectivity index (χ3v) is 3.12. The molecular formula is C15H11FO3. The molecule has 0 saturated carbocycles. The van der Waals surface area contributed by atoms with Gasteiger partial charge in [0.1, 0.15) is 23.4 Å². The van der Waals surface area contributed by atoms with Crippen molar-refractivity contribution < 1.29 is 19.0 Å². The molecule has 3 nitrogen and oxygen atoms in total. The number of fused-ring (bicyclic) bond motifs is 1. The number of ether oxygens (including phenoxy) is 1. The number of benzene rings is 2. The number of phenolic OH excluding ortho intramolecular Hbond substituents is 1. The van der Waals surface area contributed by atoms with E-state index in [0.717, 1.165) is 0 Å². The molecule has 1 atom stereocenters. The standard InChI is InChI=1S/C15H11FO3/c16-10-3-1-2-9(6-10)15-8-13(18)12-7-11(17)4-5-14(12)19-15/h1-7,15,17H,8H2. The van der Waals surface area contributed by atoms with E-state index >= 15 is 0 Å². The molecule has 0 saturated heterocycles. The van der Waals surface area contributed by atoms with E-state index in [1.807, 2.05) is 0 Å². The minimum absolute atomic E-state index is 0.0277. The highest BCUT2D eigenvalue weighted by Gasteiger charge is 2.28. The second-order valence-corrected chi connectivity index (χ2v) is 4.47. The van der Waals surface area contributed by atoms with Crippen molar-refractivity contribution in [3.05, 3.63) is 59.4 Å². The first kappa shape index (κ1) is 11.7. The summed E-state index contributed by atoms with van der Waals surface area (Å²) in [5, 5.41) is 9.37. The molecule has 1 aliphatic rings. The molecule has 0 radical (unpaired) electrons. The number of phenols is 1. The maximum atomic E-state index is 13.2. The highest BCUT2D eigenvalue weighted by Crippen LogP contribution is 2.36. The van der Waals surface area contributed by atoms with E-state index in [1.165, 1.54) is 24.3 Å². The molecule has 1 N–H and O–H groups in total. The van der Waals surface area contributed by atoms with Crippen LogP contribution in [-0.2, 0) is 0 Å². The second kappa shape index (κ2) is 4.39. The fraction of sp³-hybridized carbons (Fsp3) is 0.133. The summed E-state index contributed by atoms with van der Waals surface area (Å²) in [5.74, 6) is -0.0281. The SMILES string of the molecule is O=C1CC(c2cccc(F)c2)Oc2ccc(O)cc21. The van der Waals surface area contributed by atoms with Gasteiger partial charge in [0.05, 0.1) is 12.0 Å². The average Bonchev–Trinajstić information content (AvgIpc) is 2.39. The van der Waals surface area contributed by atoms with Gasteiger partial charge in [-0.3, -0.25) is 4.79 Å². The van der Waals surface area contributed by atoms with Gasteiger partial charge in [-0.15, -0.1) is 0 Å². The van der Waals surface area contributed by atoms with Crippen LogP contribution in [0.2, 0.25) is 0 Å².